The van der Waals surface area contributed by atoms with E-state index < -0.39 is 0 Å². The third kappa shape index (κ3) is 9.72. The number of nitrogens with zero attached hydrogens (tertiary/aromatic N) is 4. The molecular weight excluding hydrogens is 338 g/mol. The van der Waals surface area contributed by atoms with Gasteiger partial charge in [0, 0.05) is 23.9 Å². The summed E-state index contributed by atoms with van der Waals surface area (Å²) in [6, 6.07) is 3.41. The van der Waals surface area contributed by atoms with Crippen LogP contribution in [0.15, 0.2) is 18.3 Å². The van der Waals surface area contributed by atoms with Crippen molar-refractivity contribution < 1.29 is 4.79 Å². The maximum absolute atomic E-state index is 9.98. The van der Waals surface area contributed by atoms with E-state index in [1.807, 2.05) is 46.9 Å². The molecule has 0 spiro atoms. The SMILES string of the molecule is CC.CC.Cc1ccnc(C2CC2)n1.Cc1nc(Cl)cc(NC=O)n1. The van der Waals surface area contributed by atoms with Crippen LogP contribution in [0.2, 0.25) is 5.15 Å². The average Bonchev–Trinajstić information content (AvgIpc) is 3.44. The van der Waals surface area contributed by atoms with Gasteiger partial charge in [0.2, 0.25) is 6.41 Å². The first-order valence-electron chi connectivity index (χ1n) is 8.59. The fourth-order valence-electron chi connectivity index (χ4n) is 1.67. The minimum Gasteiger partial charge on any atom is -0.313 e. The lowest BCUT2D eigenvalue weighted by Crippen LogP contribution is -1.99. The Labute approximate surface area is 155 Å². The molecule has 0 saturated heterocycles. The van der Waals surface area contributed by atoms with E-state index in [4.69, 9.17) is 11.6 Å². The predicted molar refractivity (Wildman–Crippen MR) is 103 cm³/mol. The molecule has 25 heavy (non-hydrogen) atoms. The smallest absolute Gasteiger partial charge is 0.212 e. The Kier molecular flexibility index (Phi) is 12.1. The van der Waals surface area contributed by atoms with Gasteiger partial charge in [-0.25, -0.2) is 19.9 Å². The molecule has 0 aliphatic heterocycles. The minimum atomic E-state index is 0.321. The standard InChI is InChI=1S/C8H10N2.C6H6ClN3O.2C2H6/c1-6-4-5-9-8(10-6)7-2-3-7;1-4-9-5(7)2-6(10-4)8-3-11;2*1-2/h4-5,7H,2-3H2,1H3;2-3H,1H3,(H,8,9,10,11);2*1-2H3. The van der Waals surface area contributed by atoms with Crippen LogP contribution >= 0.6 is 11.6 Å². The third-order valence-electron chi connectivity index (χ3n) is 2.77. The van der Waals surface area contributed by atoms with Crippen molar-refractivity contribution in [3.05, 3.63) is 40.8 Å². The number of carbonyl (C=O) groups excluding carboxylic acids is 1. The van der Waals surface area contributed by atoms with Crippen molar-refractivity contribution in [1.29, 1.82) is 0 Å². The lowest BCUT2D eigenvalue weighted by Gasteiger charge is -1.98. The van der Waals surface area contributed by atoms with Crippen LogP contribution < -0.4 is 5.32 Å². The highest BCUT2D eigenvalue weighted by Crippen LogP contribution is 2.37. The Morgan fingerprint density at radius 3 is 2.24 bits per heavy atom. The second-order valence-corrected chi connectivity index (χ2v) is 5.10. The highest BCUT2D eigenvalue weighted by Gasteiger charge is 2.25. The first kappa shape index (κ1) is 22.9. The molecule has 138 valence electrons. The summed E-state index contributed by atoms with van der Waals surface area (Å²) >= 11 is 5.58. The number of nitrogens with one attached hydrogen (secondary N) is 1. The highest BCUT2D eigenvalue weighted by molar-refractivity contribution is 6.29. The number of aromatic nitrogens is 4. The van der Waals surface area contributed by atoms with Crippen molar-refractivity contribution in [2.24, 2.45) is 0 Å². The van der Waals surface area contributed by atoms with Crippen LogP contribution in [0, 0.1) is 13.8 Å². The molecule has 1 saturated carbocycles. The van der Waals surface area contributed by atoms with Crippen LogP contribution in [0.1, 0.15) is 63.8 Å². The largest absolute Gasteiger partial charge is 0.313 e. The van der Waals surface area contributed by atoms with Crippen LogP contribution in [0.25, 0.3) is 0 Å². The van der Waals surface area contributed by atoms with Crippen molar-refractivity contribution in [2.45, 2.75) is 60.3 Å². The van der Waals surface area contributed by atoms with Crippen molar-refractivity contribution in [3.63, 3.8) is 0 Å². The molecule has 1 fully saturated rings. The maximum Gasteiger partial charge on any atom is 0.212 e. The number of aryl methyl sites for hydroxylation is 2. The van der Waals surface area contributed by atoms with E-state index in [1.165, 1.54) is 18.9 Å². The van der Waals surface area contributed by atoms with E-state index in [-0.39, 0.29) is 0 Å². The number of anilines is 1. The van der Waals surface area contributed by atoms with Gasteiger partial charge in [-0.15, -0.1) is 0 Å². The normalized spacial score (nSPS) is 11.5. The van der Waals surface area contributed by atoms with Gasteiger partial charge in [-0.3, -0.25) is 4.79 Å². The summed E-state index contributed by atoms with van der Waals surface area (Å²) < 4.78 is 0. The van der Waals surface area contributed by atoms with Gasteiger partial charge >= 0.3 is 0 Å². The van der Waals surface area contributed by atoms with E-state index in [2.05, 4.69) is 25.3 Å². The first-order valence-corrected chi connectivity index (χ1v) is 8.97. The summed E-state index contributed by atoms with van der Waals surface area (Å²) in [7, 11) is 0. The predicted octanol–water partition coefficient (Wildman–Crippen LogP) is 4.72. The molecule has 2 aromatic heterocycles. The fourth-order valence-corrected chi connectivity index (χ4v) is 1.90. The number of amides is 1. The molecule has 3 rings (SSSR count). The summed E-state index contributed by atoms with van der Waals surface area (Å²) in [5.41, 5.74) is 1.08. The molecule has 2 aromatic rings. The van der Waals surface area contributed by atoms with E-state index in [0.717, 1.165) is 11.5 Å². The quantitative estimate of drug-likeness (QED) is 0.628. The molecule has 6 nitrogen and oxygen atoms in total. The monoisotopic (exact) mass is 365 g/mol. The zero-order chi connectivity index (χ0) is 19.2. The maximum atomic E-state index is 9.98. The molecular formula is C18H28ClN5O. The van der Waals surface area contributed by atoms with Gasteiger partial charge in [-0.2, -0.15) is 0 Å². The Bertz CT molecular complexity index is 612. The van der Waals surface area contributed by atoms with Crippen molar-refractivity contribution in [1.82, 2.24) is 19.9 Å². The lowest BCUT2D eigenvalue weighted by atomic mass is 10.3. The van der Waals surface area contributed by atoms with E-state index in [1.54, 1.807) is 6.92 Å². The van der Waals surface area contributed by atoms with Crippen molar-refractivity contribution in [3.8, 4) is 0 Å². The van der Waals surface area contributed by atoms with Crippen molar-refractivity contribution in [2.75, 3.05) is 5.32 Å². The zero-order valence-electron chi connectivity index (χ0n) is 15.9. The first-order chi connectivity index (χ1) is 12.1. The topological polar surface area (TPSA) is 80.7 Å². The molecule has 0 radical (unpaired) electrons. The van der Waals surface area contributed by atoms with E-state index >= 15 is 0 Å². The van der Waals surface area contributed by atoms with Gasteiger partial charge < -0.3 is 5.32 Å². The zero-order valence-corrected chi connectivity index (χ0v) is 16.6. The van der Waals surface area contributed by atoms with Crippen molar-refractivity contribution >= 4 is 23.8 Å². The Morgan fingerprint density at radius 1 is 1.12 bits per heavy atom. The molecule has 7 heteroatoms. The van der Waals surface area contributed by atoms with Gasteiger partial charge in [0.25, 0.3) is 0 Å². The molecule has 0 atom stereocenters. The van der Waals surface area contributed by atoms with Gasteiger partial charge in [-0.05, 0) is 32.8 Å². The lowest BCUT2D eigenvalue weighted by molar-refractivity contribution is -0.105. The summed E-state index contributed by atoms with van der Waals surface area (Å²) in [5.74, 6) is 2.67. The molecule has 0 bridgehead atoms. The van der Waals surface area contributed by atoms with Crippen LogP contribution in [-0.2, 0) is 4.79 Å². The second kappa shape index (κ2) is 13.2. The fraction of sp³-hybridized carbons (Fsp3) is 0.500. The Hall–Kier alpha value is -2.08. The summed E-state index contributed by atoms with van der Waals surface area (Å²) in [5, 5.41) is 2.69. The third-order valence-corrected chi connectivity index (χ3v) is 2.96. The van der Waals surface area contributed by atoms with E-state index in [9.17, 15) is 4.79 Å². The van der Waals surface area contributed by atoms with Crippen LogP contribution in [0.5, 0.6) is 0 Å². The molecule has 1 aliphatic carbocycles. The van der Waals surface area contributed by atoms with Crippen LogP contribution in [0.3, 0.4) is 0 Å². The Morgan fingerprint density at radius 2 is 1.76 bits per heavy atom. The van der Waals surface area contributed by atoms with E-state index in [0.29, 0.717) is 29.1 Å². The summed E-state index contributed by atoms with van der Waals surface area (Å²) in [4.78, 5) is 26.2. The second-order valence-electron chi connectivity index (χ2n) is 4.72. The molecule has 1 amide bonds. The molecule has 1 N–H and O–H groups in total. The number of hydrogen-bond donors (Lipinski definition) is 1. The van der Waals surface area contributed by atoms with Gasteiger partial charge in [0.1, 0.15) is 22.6 Å². The number of halogens is 1. The molecule has 1 aliphatic rings. The molecule has 0 unspecified atom stereocenters. The molecule has 2 heterocycles. The Balaban J connectivity index is 0.000000385. The van der Waals surface area contributed by atoms with Crippen LogP contribution in [0.4, 0.5) is 5.82 Å². The van der Waals surface area contributed by atoms with Gasteiger partial charge in [0.05, 0.1) is 0 Å². The number of hydrogen-bond acceptors (Lipinski definition) is 5. The van der Waals surface area contributed by atoms with Gasteiger partial charge in [0.15, 0.2) is 0 Å². The minimum absolute atomic E-state index is 0.321. The highest BCUT2D eigenvalue weighted by atomic mass is 35.5. The van der Waals surface area contributed by atoms with Crippen LogP contribution in [-0.4, -0.2) is 26.3 Å². The summed E-state index contributed by atoms with van der Waals surface area (Å²) in [6.45, 7) is 11.7. The molecule has 0 aromatic carbocycles. The van der Waals surface area contributed by atoms with Gasteiger partial charge in [-0.1, -0.05) is 39.3 Å². The average molecular weight is 366 g/mol. The number of carbonyl (C=O) groups is 1. The summed E-state index contributed by atoms with van der Waals surface area (Å²) in [6.07, 6.45) is 4.95. The number of rotatable bonds is 3.